The fourth-order valence-corrected chi connectivity index (χ4v) is 4.33. The molecule has 0 bridgehead atoms. The zero-order valence-electron chi connectivity index (χ0n) is 17.1. The molecule has 0 aliphatic rings. The number of hydrogen-bond acceptors (Lipinski definition) is 2. The molecule has 1 atom stereocenters. The van der Waals surface area contributed by atoms with E-state index in [1.54, 1.807) is 0 Å². The average molecular weight is 642 g/mol. The lowest BCUT2D eigenvalue weighted by Gasteiger charge is -2.18. The van der Waals surface area contributed by atoms with Crippen molar-refractivity contribution in [2.75, 3.05) is 13.1 Å². The van der Waals surface area contributed by atoms with E-state index in [1.807, 2.05) is 0 Å². The average Bonchev–Trinajstić information content (AvgIpc) is 2.73. The highest BCUT2D eigenvalue weighted by Gasteiger charge is 2.39. The molecule has 2 rings (SSSR count). The van der Waals surface area contributed by atoms with Crippen LogP contribution in [-0.4, -0.2) is 35.4 Å². The third-order valence-electron chi connectivity index (χ3n) is 4.33. The third-order valence-corrected chi connectivity index (χ3v) is 6.19. The summed E-state index contributed by atoms with van der Waals surface area (Å²) in [5.41, 5.74) is 0.487. The quantitative estimate of drug-likeness (QED) is 0.182. The Hall–Kier alpha value is -1.47. The molecule has 35 heavy (non-hydrogen) atoms. The monoisotopic (exact) mass is 640 g/mol. The highest BCUT2D eigenvalue weighted by Crippen LogP contribution is 2.39. The molecule has 1 unspecified atom stereocenters. The van der Waals surface area contributed by atoms with E-state index in [1.165, 1.54) is 24.3 Å². The van der Waals surface area contributed by atoms with E-state index >= 15 is 0 Å². The molecule has 0 aliphatic carbocycles. The maximum atomic E-state index is 13.6. The van der Waals surface area contributed by atoms with Crippen LogP contribution in [0.15, 0.2) is 40.9 Å². The van der Waals surface area contributed by atoms with Gasteiger partial charge in [0.05, 0.1) is 27.5 Å². The Balaban J connectivity index is 2.15. The second-order valence-electron chi connectivity index (χ2n) is 6.99. The fourth-order valence-electron chi connectivity index (χ4n) is 2.71. The Labute approximate surface area is 225 Å². The van der Waals surface area contributed by atoms with Gasteiger partial charge in [-0.3, -0.25) is 0 Å². The molecular weight excluding hydrogens is 628 g/mol. The van der Waals surface area contributed by atoms with Gasteiger partial charge >= 0.3 is 12.4 Å². The molecule has 0 saturated heterocycles. The summed E-state index contributed by atoms with van der Waals surface area (Å²) in [6, 6.07) is 6.23. The maximum absolute atomic E-state index is 13.6. The van der Waals surface area contributed by atoms with Crippen molar-refractivity contribution in [1.29, 1.82) is 0 Å². The molecule has 0 fully saturated rings. The number of benzene rings is 2. The van der Waals surface area contributed by atoms with Gasteiger partial charge in [-0.25, -0.2) is 4.39 Å². The molecular formula is C21H14BrCl2F7N2S2. The summed E-state index contributed by atoms with van der Waals surface area (Å²) in [6.07, 6.45) is -7.04. The molecule has 0 heterocycles. The van der Waals surface area contributed by atoms with Crippen molar-refractivity contribution in [2.24, 2.45) is 0 Å². The number of thiocarbonyl (C=S) groups is 2. The maximum Gasteiger partial charge on any atom is 0.405 e. The van der Waals surface area contributed by atoms with Crippen LogP contribution in [0.2, 0.25) is 10.0 Å². The van der Waals surface area contributed by atoms with Crippen LogP contribution < -0.4 is 10.6 Å². The Morgan fingerprint density at radius 1 is 1.00 bits per heavy atom. The van der Waals surface area contributed by atoms with Gasteiger partial charge in [0.15, 0.2) is 5.82 Å². The SMILES string of the molecule is Fc1c(Cl)cc(C(C=Cc2ccc(C(=S)NCC(=S)NCC(F)(F)F)c(Br)c2)C(F)(F)F)cc1Cl. The highest BCUT2D eigenvalue weighted by molar-refractivity contribution is 9.10. The van der Waals surface area contributed by atoms with Gasteiger partial charge in [0, 0.05) is 10.0 Å². The van der Waals surface area contributed by atoms with Gasteiger partial charge in [0.1, 0.15) is 11.5 Å². The first-order valence-electron chi connectivity index (χ1n) is 9.39. The lowest BCUT2D eigenvalue weighted by molar-refractivity contribution is -0.139. The van der Waals surface area contributed by atoms with Gasteiger partial charge in [-0.15, -0.1) is 0 Å². The van der Waals surface area contributed by atoms with E-state index in [4.69, 9.17) is 47.6 Å². The second-order valence-corrected chi connectivity index (χ2v) is 9.56. The predicted molar refractivity (Wildman–Crippen MR) is 135 cm³/mol. The Morgan fingerprint density at radius 3 is 2.11 bits per heavy atom. The molecule has 2 aromatic rings. The normalized spacial score (nSPS) is 13.1. The molecule has 2 nitrogen and oxygen atoms in total. The van der Waals surface area contributed by atoms with Crippen LogP contribution in [0.5, 0.6) is 0 Å². The molecule has 2 aromatic carbocycles. The number of allylic oxidation sites excluding steroid dienone is 1. The van der Waals surface area contributed by atoms with Crippen molar-refractivity contribution in [3.63, 3.8) is 0 Å². The van der Waals surface area contributed by atoms with Crippen LogP contribution in [0, 0.1) is 5.82 Å². The van der Waals surface area contributed by atoms with Gasteiger partial charge in [-0.1, -0.05) is 87.9 Å². The lowest BCUT2D eigenvalue weighted by Crippen LogP contribution is -2.39. The summed E-state index contributed by atoms with van der Waals surface area (Å²) in [6.45, 7) is -1.42. The minimum absolute atomic E-state index is 0.0976. The Kier molecular flexibility index (Phi) is 10.4. The molecule has 0 aliphatic heterocycles. The summed E-state index contributed by atoms with van der Waals surface area (Å²) < 4.78 is 91.7. The van der Waals surface area contributed by atoms with E-state index < -0.39 is 40.7 Å². The Bertz CT molecular complexity index is 1110. The molecule has 2 N–H and O–H groups in total. The van der Waals surface area contributed by atoms with Crippen LogP contribution in [0.1, 0.15) is 22.6 Å². The van der Waals surface area contributed by atoms with Crippen molar-refractivity contribution >= 4 is 79.6 Å². The van der Waals surface area contributed by atoms with Crippen molar-refractivity contribution in [3.8, 4) is 0 Å². The highest BCUT2D eigenvalue weighted by atomic mass is 79.9. The number of rotatable bonds is 7. The van der Waals surface area contributed by atoms with Gasteiger partial charge in [0.2, 0.25) is 0 Å². The van der Waals surface area contributed by atoms with Crippen LogP contribution in [-0.2, 0) is 0 Å². The van der Waals surface area contributed by atoms with Crippen LogP contribution in [0.3, 0.4) is 0 Å². The van der Waals surface area contributed by atoms with E-state index in [-0.39, 0.29) is 22.1 Å². The summed E-state index contributed by atoms with van der Waals surface area (Å²) >= 11 is 24.6. The smallest absolute Gasteiger partial charge is 0.369 e. The minimum Gasteiger partial charge on any atom is -0.369 e. The van der Waals surface area contributed by atoms with Crippen molar-refractivity contribution in [3.05, 3.63) is 73.4 Å². The minimum atomic E-state index is -4.71. The zero-order chi connectivity index (χ0) is 26.6. The van der Waals surface area contributed by atoms with E-state index in [9.17, 15) is 30.7 Å². The van der Waals surface area contributed by atoms with Gasteiger partial charge < -0.3 is 10.6 Å². The number of halogens is 10. The molecule has 0 saturated carbocycles. The topological polar surface area (TPSA) is 24.1 Å². The number of nitrogens with one attached hydrogen (secondary N) is 2. The van der Waals surface area contributed by atoms with Crippen molar-refractivity contribution in [2.45, 2.75) is 18.3 Å². The second kappa shape index (κ2) is 12.2. The van der Waals surface area contributed by atoms with Crippen molar-refractivity contribution in [1.82, 2.24) is 10.6 Å². The van der Waals surface area contributed by atoms with E-state index in [2.05, 4.69) is 26.6 Å². The predicted octanol–water partition coefficient (Wildman–Crippen LogP) is 8.00. The first-order valence-corrected chi connectivity index (χ1v) is 11.8. The Morgan fingerprint density at radius 2 is 1.60 bits per heavy atom. The van der Waals surface area contributed by atoms with Crippen LogP contribution in [0.4, 0.5) is 30.7 Å². The fraction of sp³-hybridized carbons (Fsp3) is 0.238. The molecule has 0 aromatic heterocycles. The zero-order valence-corrected chi connectivity index (χ0v) is 21.9. The van der Waals surface area contributed by atoms with E-state index in [0.717, 1.165) is 18.2 Å². The summed E-state index contributed by atoms with van der Waals surface area (Å²) in [4.78, 5) is 0.0619. The number of alkyl halides is 6. The lowest BCUT2D eigenvalue weighted by atomic mass is 9.97. The molecule has 190 valence electrons. The first-order chi connectivity index (χ1) is 16.1. The molecule has 0 spiro atoms. The van der Waals surface area contributed by atoms with Crippen molar-refractivity contribution < 1.29 is 30.7 Å². The summed E-state index contributed by atoms with van der Waals surface area (Å²) in [5.74, 6) is -3.12. The van der Waals surface area contributed by atoms with Gasteiger partial charge in [0.25, 0.3) is 0 Å². The van der Waals surface area contributed by atoms with Crippen LogP contribution in [0.25, 0.3) is 6.08 Å². The molecule has 14 heteroatoms. The summed E-state index contributed by atoms with van der Waals surface area (Å²) in [7, 11) is 0. The number of hydrogen-bond donors (Lipinski definition) is 2. The third kappa shape index (κ3) is 9.16. The standard InChI is InChI=1S/C21H14BrCl2F7N2S2/c22-14-5-10(1-3-12(14)19(35)32-8-17(34)33-9-20(26,27)28)2-4-13(21(29,30)31)11-6-15(23)18(25)16(24)7-11/h1-7,13H,8-9H2,(H,32,35)(H,33,34). The first kappa shape index (κ1) is 29.8. The van der Waals surface area contributed by atoms with Gasteiger partial charge in [-0.05, 0) is 29.3 Å². The van der Waals surface area contributed by atoms with E-state index in [0.29, 0.717) is 15.6 Å². The molecule has 0 amide bonds. The molecule has 0 radical (unpaired) electrons. The van der Waals surface area contributed by atoms with Gasteiger partial charge in [-0.2, -0.15) is 26.3 Å². The summed E-state index contributed by atoms with van der Waals surface area (Å²) in [5, 5.41) is 3.70. The largest absolute Gasteiger partial charge is 0.405 e. The van der Waals surface area contributed by atoms with Crippen LogP contribution >= 0.6 is 63.6 Å².